The average molecular weight is 338 g/mol. The Balaban J connectivity index is 1.68. The van der Waals surface area contributed by atoms with Crippen molar-refractivity contribution in [3.63, 3.8) is 0 Å². The maximum Gasteiger partial charge on any atom is 0.240 e. The highest BCUT2D eigenvalue weighted by Gasteiger charge is 2.34. The maximum atomic E-state index is 12.9. The van der Waals surface area contributed by atoms with Crippen LogP contribution in [0.2, 0.25) is 0 Å². The summed E-state index contributed by atoms with van der Waals surface area (Å²) in [4.78, 5) is 14.9. The zero-order valence-corrected chi connectivity index (χ0v) is 14.9. The lowest BCUT2D eigenvalue weighted by molar-refractivity contribution is -0.139. The van der Waals surface area contributed by atoms with E-state index >= 15 is 0 Å². The Morgan fingerprint density at radius 2 is 1.80 bits per heavy atom. The van der Waals surface area contributed by atoms with Crippen molar-refractivity contribution in [1.29, 1.82) is 0 Å². The van der Waals surface area contributed by atoms with Crippen molar-refractivity contribution in [1.82, 2.24) is 10.2 Å². The number of hydrogen-bond acceptors (Lipinski definition) is 3. The molecule has 1 amide bonds. The SMILES string of the molecule is CCN1C(=O)[C@@H](NCc2ccccc2OC)CC[C@H]1c1ccccc1. The number of methoxy groups -OCH3 is 1. The molecule has 1 heterocycles. The van der Waals surface area contributed by atoms with E-state index in [2.05, 4.69) is 24.4 Å². The summed E-state index contributed by atoms with van der Waals surface area (Å²) in [5.74, 6) is 1.05. The fourth-order valence-corrected chi connectivity index (χ4v) is 3.63. The molecule has 3 rings (SSSR count). The summed E-state index contributed by atoms with van der Waals surface area (Å²) < 4.78 is 5.39. The van der Waals surface area contributed by atoms with Gasteiger partial charge < -0.3 is 15.0 Å². The molecule has 1 N–H and O–H groups in total. The van der Waals surface area contributed by atoms with Gasteiger partial charge in [-0.3, -0.25) is 4.79 Å². The summed E-state index contributed by atoms with van der Waals surface area (Å²) in [6.07, 6.45) is 1.83. The van der Waals surface area contributed by atoms with Gasteiger partial charge in [0.1, 0.15) is 5.75 Å². The second-order valence-electron chi connectivity index (χ2n) is 6.37. The van der Waals surface area contributed by atoms with Crippen LogP contribution >= 0.6 is 0 Å². The lowest BCUT2D eigenvalue weighted by Crippen LogP contribution is -2.51. The summed E-state index contributed by atoms with van der Waals surface area (Å²) in [6, 6.07) is 18.3. The summed E-state index contributed by atoms with van der Waals surface area (Å²) in [5, 5.41) is 3.43. The van der Waals surface area contributed by atoms with Crippen molar-refractivity contribution in [2.24, 2.45) is 0 Å². The highest BCUT2D eigenvalue weighted by Crippen LogP contribution is 2.31. The number of para-hydroxylation sites is 1. The van der Waals surface area contributed by atoms with Crippen LogP contribution in [0.25, 0.3) is 0 Å². The van der Waals surface area contributed by atoms with Gasteiger partial charge in [0.15, 0.2) is 0 Å². The Morgan fingerprint density at radius 3 is 2.52 bits per heavy atom. The molecule has 4 heteroatoms. The van der Waals surface area contributed by atoms with Gasteiger partial charge in [-0.2, -0.15) is 0 Å². The van der Waals surface area contributed by atoms with E-state index in [0.29, 0.717) is 6.54 Å². The molecule has 0 spiro atoms. The smallest absolute Gasteiger partial charge is 0.240 e. The first-order valence-electron chi connectivity index (χ1n) is 8.95. The Kier molecular flexibility index (Phi) is 5.71. The summed E-state index contributed by atoms with van der Waals surface area (Å²) in [7, 11) is 1.67. The average Bonchev–Trinajstić information content (AvgIpc) is 2.67. The maximum absolute atomic E-state index is 12.9. The van der Waals surface area contributed by atoms with E-state index in [-0.39, 0.29) is 18.0 Å². The minimum absolute atomic E-state index is 0.134. The molecule has 132 valence electrons. The molecule has 1 fully saturated rings. The van der Waals surface area contributed by atoms with Gasteiger partial charge >= 0.3 is 0 Å². The van der Waals surface area contributed by atoms with Crippen LogP contribution in [-0.4, -0.2) is 30.5 Å². The van der Waals surface area contributed by atoms with Gasteiger partial charge in [-0.05, 0) is 31.4 Å². The molecule has 1 aliphatic rings. The number of carbonyl (C=O) groups excluding carboxylic acids is 1. The van der Waals surface area contributed by atoms with Crippen molar-refractivity contribution in [2.45, 2.75) is 38.4 Å². The molecule has 0 radical (unpaired) electrons. The summed E-state index contributed by atoms with van der Waals surface area (Å²) in [5.41, 5.74) is 2.30. The molecular weight excluding hydrogens is 312 g/mol. The molecule has 4 nitrogen and oxygen atoms in total. The third-order valence-electron chi connectivity index (χ3n) is 4.94. The Labute approximate surface area is 149 Å². The fraction of sp³-hybridized carbons (Fsp3) is 0.381. The van der Waals surface area contributed by atoms with Crippen LogP contribution in [0.3, 0.4) is 0 Å². The number of nitrogens with zero attached hydrogens (tertiary/aromatic N) is 1. The summed E-state index contributed by atoms with van der Waals surface area (Å²) >= 11 is 0. The van der Waals surface area contributed by atoms with Gasteiger partial charge in [-0.1, -0.05) is 48.5 Å². The first kappa shape index (κ1) is 17.5. The van der Waals surface area contributed by atoms with Gasteiger partial charge in [0.05, 0.1) is 19.2 Å². The van der Waals surface area contributed by atoms with E-state index in [1.54, 1.807) is 7.11 Å². The van der Waals surface area contributed by atoms with E-state index in [1.165, 1.54) is 5.56 Å². The normalized spacial score (nSPS) is 20.6. The van der Waals surface area contributed by atoms with Crippen LogP contribution in [0.5, 0.6) is 5.75 Å². The quantitative estimate of drug-likeness (QED) is 0.876. The lowest BCUT2D eigenvalue weighted by atomic mass is 9.92. The molecule has 0 bridgehead atoms. The highest BCUT2D eigenvalue weighted by atomic mass is 16.5. The monoisotopic (exact) mass is 338 g/mol. The van der Waals surface area contributed by atoms with Crippen molar-refractivity contribution >= 4 is 5.91 Å². The number of nitrogens with one attached hydrogen (secondary N) is 1. The number of likely N-dealkylation sites (tertiary alicyclic amines) is 1. The van der Waals surface area contributed by atoms with Crippen LogP contribution in [0.4, 0.5) is 0 Å². The van der Waals surface area contributed by atoms with Crippen molar-refractivity contribution in [3.05, 3.63) is 65.7 Å². The summed E-state index contributed by atoms with van der Waals surface area (Å²) in [6.45, 7) is 3.41. The minimum atomic E-state index is -0.134. The zero-order valence-electron chi connectivity index (χ0n) is 14.9. The van der Waals surface area contributed by atoms with E-state index in [4.69, 9.17) is 4.74 Å². The van der Waals surface area contributed by atoms with Crippen molar-refractivity contribution in [2.75, 3.05) is 13.7 Å². The molecule has 25 heavy (non-hydrogen) atoms. The second kappa shape index (κ2) is 8.17. The van der Waals surface area contributed by atoms with E-state index in [0.717, 1.165) is 30.7 Å². The topological polar surface area (TPSA) is 41.6 Å². The van der Waals surface area contributed by atoms with Gasteiger partial charge in [0, 0.05) is 18.7 Å². The number of carbonyl (C=O) groups is 1. The van der Waals surface area contributed by atoms with Crippen molar-refractivity contribution < 1.29 is 9.53 Å². The van der Waals surface area contributed by atoms with Crippen LogP contribution in [-0.2, 0) is 11.3 Å². The number of likely N-dealkylation sites (N-methyl/N-ethyl adjacent to an activating group) is 1. The molecule has 1 aliphatic heterocycles. The number of hydrogen-bond donors (Lipinski definition) is 1. The zero-order chi connectivity index (χ0) is 17.6. The predicted molar refractivity (Wildman–Crippen MR) is 99.4 cm³/mol. The molecule has 0 aliphatic carbocycles. The lowest BCUT2D eigenvalue weighted by Gasteiger charge is -2.39. The molecule has 2 aromatic rings. The molecule has 2 atom stereocenters. The minimum Gasteiger partial charge on any atom is -0.496 e. The van der Waals surface area contributed by atoms with E-state index < -0.39 is 0 Å². The van der Waals surface area contributed by atoms with Gasteiger partial charge in [0.25, 0.3) is 0 Å². The van der Waals surface area contributed by atoms with Gasteiger partial charge in [-0.25, -0.2) is 0 Å². The molecule has 0 aromatic heterocycles. The van der Waals surface area contributed by atoms with E-state index in [9.17, 15) is 4.79 Å². The molecule has 0 unspecified atom stereocenters. The number of rotatable bonds is 6. The van der Waals surface area contributed by atoms with Gasteiger partial charge in [-0.15, -0.1) is 0 Å². The number of amides is 1. The third-order valence-corrected chi connectivity index (χ3v) is 4.94. The number of piperidine rings is 1. The molecule has 0 saturated carbocycles. The third kappa shape index (κ3) is 3.85. The Hall–Kier alpha value is -2.33. The Bertz CT molecular complexity index is 702. The van der Waals surface area contributed by atoms with E-state index in [1.807, 2.05) is 47.4 Å². The van der Waals surface area contributed by atoms with Crippen LogP contribution in [0.1, 0.15) is 36.9 Å². The predicted octanol–water partition coefficient (Wildman–Crippen LogP) is 3.54. The highest BCUT2D eigenvalue weighted by molar-refractivity contribution is 5.83. The van der Waals surface area contributed by atoms with Gasteiger partial charge in [0.2, 0.25) is 5.91 Å². The van der Waals surface area contributed by atoms with Crippen LogP contribution in [0.15, 0.2) is 54.6 Å². The molecule has 2 aromatic carbocycles. The largest absolute Gasteiger partial charge is 0.496 e. The van der Waals surface area contributed by atoms with Crippen LogP contribution < -0.4 is 10.1 Å². The van der Waals surface area contributed by atoms with Crippen molar-refractivity contribution in [3.8, 4) is 5.75 Å². The molecule has 1 saturated heterocycles. The second-order valence-corrected chi connectivity index (χ2v) is 6.37. The first-order valence-corrected chi connectivity index (χ1v) is 8.95. The standard InChI is InChI=1S/C21H26N2O2/c1-3-23-19(16-9-5-4-6-10-16)14-13-18(21(23)24)22-15-17-11-7-8-12-20(17)25-2/h4-12,18-19,22H,3,13-15H2,1-2H3/t18-,19-/m0/s1. The fourth-order valence-electron chi connectivity index (χ4n) is 3.63. The Morgan fingerprint density at radius 1 is 1.08 bits per heavy atom. The molecular formula is C21H26N2O2. The number of ether oxygens (including phenoxy) is 1. The number of benzene rings is 2. The first-order chi connectivity index (χ1) is 12.2. The van der Waals surface area contributed by atoms with Crippen LogP contribution in [0, 0.1) is 0 Å².